The van der Waals surface area contributed by atoms with E-state index in [1.165, 1.54) is 24.3 Å². The maximum atomic E-state index is 11.4. The van der Waals surface area contributed by atoms with Crippen LogP contribution in [0.2, 0.25) is 0 Å². The molecule has 124 valence electrons. The third-order valence-electron chi connectivity index (χ3n) is 2.45. The molecule has 0 spiro atoms. The molecule has 0 aromatic heterocycles. The van der Waals surface area contributed by atoms with Crippen LogP contribution in [0.1, 0.15) is 10.4 Å². The lowest BCUT2D eigenvalue weighted by atomic mass is 10.2. The predicted octanol–water partition coefficient (Wildman–Crippen LogP) is 0.399. The highest BCUT2D eigenvalue weighted by Crippen LogP contribution is 2.18. The molecule has 0 aliphatic rings. The number of rotatable bonds is 7. The third kappa shape index (κ3) is 5.87. The van der Waals surface area contributed by atoms with E-state index < -0.39 is 36.6 Å². The van der Waals surface area contributed by atoms with Crippen LogP contribution in [-0.2, 0) is 14.3 Å². The number of carbonyl (C=O) groups is 4. The van der Waals surface area contributed by atoms with Gasteiger partial charge in [-0.2, -0.15) is 12.6 Å². The number of carbonyl (C=O) groups excluding carboxylic acids is 2. The van der Waals surface area contributed by atoms with E-state index in [0.717, 1.165) is 0 Å². The summed E-state index contributed by atoms with van der Waals surface area (Å²) in [6, 6.07) is 4.14. The van der Waals surface area contributed by atoms with Crippen molar-refractivity contribution in [1.82, 2.24) is 5.32 Å². The Labute approximate surface area is 135 Å². The summed E-state index contributed by atoms with van der Waals surface area (Å²) in [5.74, 6) is -3.84. The van der Waals surface area contributed by atoms with E-state index in [-0.39, 0.29) is 17.1 Å². The molecule has 1 aromatic rings. The minimum atomic E-state index is -1.30. The maximum absolute atomic E-state index is 11.4. The third-order valence-corrected chi connectivity index (χ3v) is 2.81. The molecule has 1 unspecified atom stereocenters. The molecule has 3 N–H and O–H groups in total. The maximum Gasteiger partial charge on any atom is 0.514 e. The summed E-state index contributed by atoms with van der Waals surface area (Å²) in [4.78, 5) is 44.5. The van der Waals surface area contributed by atoms with Crippen molar-refractivity contribution in [1.29, 1.82) is 0 Å². The van der Waals surface area contributed by atoms with Crippen molar-refractivity contribution in [3.8, 4) is 5.75 Å². The fraction of sp³-hybridized carbons (Fsp3) is 0.231. The van der Waals surface area contributed by atoms with Crippen molar-refractivity contribution in [2.24, 2.45) is 0 Å². The Morgan fingerprint density at radius 2 is 1.83 bits per heavy atom. The molecule has 0 heterocycles. The topological polar surface area (TPSA) is 139 Å². The van der Waals surface area contributed by atoms with Gasteiger partial charge in [0.1, 0.15) is 17.4 Å². The van der Waals surface area contributed by atoms with E-state index in [4.69, 9.17) is 10.2 Å². The molecule has 0 aliphatic carbocycles. The predicted molar refractivity (Wildman–Crippen MR) is 78.8 cm³/mol. The number of carboxylic acids is 2. The average molecular weight is 343 g/mol. The highest BCUT2D eigenvalue weighted by Gasteiger charge is 2.20. The highest BCUT2D eigenvalue weighted by atomic mass is 32.1. The molecule has 23 heavy (non-hydrogen) atoms. The van der Waals surface area contributed by atoms with Crippen molar-refractivity contribution < 1.29 is 38.9 Å². The van der Waals surface area contributed by atoms with Gasteiger partial charge in [0, 0.05) is 5.75 Å². The summed E-state index contributed by atoms with van der Waals surface area (Å²) in [6.07, 6.45) is -1.30. The number of benzene rings is 1. The summed E-state index contributed by atoms with van der Waals surface area (Å²) in [5, 5.41) is 19.7. The minimum absolute atomic E-state index is 0.141. The summed E-state index contributed by atoms with van der Waals surface area (Å²) >= 11 is 3.75. The molecule has 0 fully saturated rings. The van der Waals surface area contributed by atoms with E-state index in [2.05, 4.69) is 27.4 Å². The van der Waals surface area contributed by atoms with Crippen LogP contribution < -0.4 is 10.1 Å². The van der Waals surface area contributed by atoms with Gasteiger partial charge in [-0.05, 0) is 12.1 Å². The Hall–Kier alpha value is -2.75. The number of hydrogen-bond acceptors (Lipinski definition) is 7. The van der Waals surface area contributed by atoms with Crippen molar-refractivity contribution in [2.45, 2.75) is 6.04 Å². The molecule has 0 bridgehead atoms. The monoisotopic (exact) mass is 343 g/mol. The van der Waals surface area contributed by atoms with E-state index >= 15 is 0 Å². The Morgan fingerprint density at radius 1 is 1.17 bits per heavy atom. The van der Waals surface area contributed by atoms with Crippen LogP contribution in [0.25, 0.3) is 0 Å². The highest BCUT2D eigenvalue weighted by molar-refractivity contribution is 7.80. The van der Waals surface area contributed by atoms with Gasteiger partial charge in [0.2, 0.25) is 0 Å². The average Bonchev–Trinajstić information content (AvgIpc) is 2.50. The van der Waals surface area contributed by atoms with Crippen LogP contribution >= 0.6 is 12.6 Å². The zero-order chi connectivity index (χ0) is 17.4. The largest absolute Gasteiger partial charge is 0.514 e. The van der Waals surface area contributed by atoms with Gasteiger partial charge in [-0.25, -0.2) is 14.4 Å². The van der Waals surface area contributed by atoms with Crippen LogP contribution in [0.4, 0.5) is 4.79 Å². The number of hydrogen-bond donors (Lipinski definition) is 4. The second-order valence-corrected chi connectivity index (χ2v) is 4.45. The Balaban J connectivity index is 2.53. The van der Waals surface area contributed by atoms with E-state index in [0.29, 0.717) is 0 Å². The van der Waals surface area contributed by atoms with Crippen LogP contribution in [-0.4, -0.2) is 52.6 Å². The molecule has 1 rings (SSSR count). The first-order chi connectivity index (χ1) is 10.8. The van der Waals surface area contributed by atoms with Crippen LogP contribution in [0.5, 0.6) is 5.75 Å². The van der Waals surface area contributed by atoms with Gasteiger partial charge >= 0.3 is 18.1 Å². The minimum Gasteiger partial charge on any atom is -0.480 e. The van der Waals surface area contributed by atoms with Gasteiger partial charge in [0.05, 0.1) is 0 Å². The van der Waals surface area contributed by atoms with Crippen molar-refractivity contribution in [3.05, 3.63) is 29.8 Å². The molecular weight excluding hydrogens is 330 g/mol. The van der Waals surface area contributed by atoms with Crippen molar-refractivity contribution >= 4 is 36.6 Å². The lowest BCUT2D eigenvalue weighted by Gasteiger charge is -2.12. The Morgan fingerprint density at radius 3 is 2.39 bits per heavy atom. The number of nitrogens with one attached hydrogen (secondary N) is 1. The van der Waals surface area contributed by atoms with Gasteiger partial charge in [-0.1, -0.05) is 12.1 Å². The van der Waals surface area contributed by atoms with Gasteiger partial charge in [0.15, 0.2) is 6.61 Å². The standard InChI is InChI=1S/C13H13NO8S/c15-10(14-8(6-23)12(18)19)5-21-13(20)22-9-4-2-1-3-7(9)11(16)17/h1-4,8,23H,5-6H2,(H,14,15)(H,16,17)(H,18,19). The number of aliphatic carboxylic acids is 1. The summed E-state index contributed by atoms with van der Waals surface area (Å²) < 4.78 is 9.17. The SMILES string of the molecule is O=C(COC(=O)Oc1ccccc1C(=O)O)NC(CS)C(=O)O. The number of para-hydroxylation sites is 1. The molecule has 1 amide bonds. The summed E-state index contributed by atoms with van der Waals surface area (Å²) in [5.41, 5.74) is -0.255. The van der Waals surface area contributed by atoms with E-state index in [9.17, 15) is 19.2 Å². The molecule has 1 atom stereocenters. The summed E-state index contributed by atoms with van der Waals surface area (Å²) in [7, 11) is 0. The Bertz CT molecular complexity index is 618. The second kappa shape index (κ2) is 8.63. The van der Waals surface area contributed by atoms with Gasteiger partial charge in [-0.3, -0.25) is 4.79 Å². The number of amides is 1. The first-order valence-corrected chi connectivity index (χ1v) is 6.78. The zero-order valence-electron chi connectivity index (χ0n) is 11.6. The molecule has 0 aliphatic heterocycles. The molecule has 0 radical (unpaired) electrons. The van der Waals surface area contributed by atoms with Gasteiger partial charge < -0.3 is 25.0 Å². The van der Waals surface area contributed by atoms with E-state index in [1.54, 1.807) is 0 Å². The van der Waals surface area contributed by atoms with Crippen LogP contribution in [0.15, 0.2) is 24.3 Å². The molecule has 1 aromatic carbocycles. The second-order valence-electron chi connectivity index (χ2n) is 4.08. The smallest absolute Gasteiger partial charge is 0.480 e. The molecule has 0 saturated heterocycles. The van der Waals surface area contributed by atoms with E-state index in [1.807, 2.05) is 0 Å². The zero-order valence-corrected chi connectivity index (χ0v) is 12.5. The molecule has 9 nitrogen and oxygen atoms in total. The number of carboxylic acid groups (broad SMARTS) is 2. The quantitative estimate of drug-likeness (QED) is 0.317. The molecule has 0 saturated carbocycles. The summed E-state index contributed by atoms with van der Waals surface area (Å²) in [6.45, 7) is -0.786. The number of aromatic carboxylic acids is 1. The fourth-order valence-corrected chi connectivity index (χ4v) is 1.64. The lowest BCUT2D eigenvalue weighted by Crippen LogP contribution is -2.44. The normalized spacial score (nSPS) is 11.2. The fourth-order valence-electron chi connectivity index (χ4n) is 1.40. The van der Waals surface area contributed by atoms with Gasteiger partial charge in [-0.15, -0.1) is 0 Å². The molecular formula is C13H13NO8S. The Kier molecular flexibility index (Phi) is 6.87. The number of thiol groups is 1. The number of ether oxygens (including phenoxy) is 2. The van der Waals surface area contributed by atoms with Crippen LogP contribution in [0.3, 0.4) is 0 Å². The van der Waals surface area contributed by atoms with Crippen molar-refractivity contribution in [3.63, 3.8) is 0 Å². The van der Waals surface area contributed by atoms with Crippen LogP contribution in [0, 0.1) is 0 Å². The first kappa shape index (κ1) is 18.3. The lowest BCUT2D eigenvalue weighted by molar-refractivity contribution is -0.141. The molecule has 10 heteroatoms. The first-order valence-electron chi connectivity index (χ1n) is 6.15. The van der Waals surface area contributed by atoms with Crippen molar-refractivity contribution in [2.75, 3.05) is 12.4 Å². The van der Waals surface area contributed by atoms with Gasteiger partial charge in [0.25, 0.3) is 5.91 Å².